The fourth-order valence-corrected chi connectivity index (χ4v) is 2.58. The topological polar surface area (TPSA) is 41.6 Å². The molecule has 1 atom stereocenters. The van der Waals surface area contributed by atoms with Crippen LogP contribution in [0, 0.1) is 5.82 Å². The van der Waals surface area contributed by atoms with Crippen molar-refractivity contribution in [1.82, 2.24) is 10.2 Å². The number of carbonyl (C=O) groups is 1. The van der Waals surface area contributed by atoms with Gasteiger partial charge in [0.05, 0.1) is 7.11 Å². The molecule has 1 amide bonds. The van der Waals surface area contributed by atoms with Gasteiger partial charge in [-0.3, -0.25) is 4.79 Å². The number of nitrogens with zero attached hydrogens (tertiary/aromatic N) is 1. The first-order valence-corrected chi connectivity index (χ1v) is 7.46. The highest BCUT2D eigenvalue weighted by Gasteiger charge is 2.17. The van der Waals surface area contributed by atoms with Crippen LogP contribution in [0.2, 0.25) is 0 Å². The lowest BCUT2D eigenvalue weighted by atomic mass is 10.1. The fourth-order valence-electron chi connectivity index (χ4n) is 2.58. The van der Waals surface area contributed by atoms with Crippen LogP contribution in [0.5, 0.6) is 5.75 Å². The Morgan fingerprint density at radius 3 is 2.81 bits per heavy atom. The van der Waals surface area contributed by atoms with E-state index < -0.39 is 0 Å². The molecule has 1 saturated heterocycles. The van der Waals surface area contributed by atoms with Gasteiger partial charge in [-0.15, -0.1) is 0 Å². The Morgan fingerprint density at radius 2 is 2.14 bits per heavy atom. The van der Waals surface area contributed by atoms with Crippen molar-refractivity contribution in [2.45, 2.75) is 32.2 Å². The third-order valence-electron chi connectivity index (χ3n) is 3.92. The third-order valence-corrected chi connectivity index (χ3v) is 3.92. The maximum absolute atomic E-state index is 13.4. The van der Waals surface area contributed by atoms with Crippen molar-refractivity contribution in [3.63, 3.8) is 0 Å². The Hall–Kier alpha value is -1.62. The van der Waals surface area contributed by atoms with Gasteiger partial charge in [-0.25, -0.2) is 4.39 Å². The minimum Gasteiger partial charge on any atom is -0.494 e. The molecule has 5 heteroatoms. The second-order valence-corrected chi connectivity index (χ2v) is 5.41. The van der Waals surface area contributed by atoms with Crippen LogP contribution in [-0.4, -0.2) is 37.6 Å². The molecule has 0 saturated carbocycles. The zero-order chi connectivity index (χ0) is 15.2. The number of methoxy groups -OCH3 is 1. The Kier molecular flexibility index (Phi) is 5.56. The van der Waals surface area contributed by atoms with Gasteiger partial charge in [0.25, 0.3) is 0 Å². The number of halogens is 1. The van der Waals surface area contributed by atoms with E-state index >= 15 is 0 Å². The van der Waals surface area contributed by atoms with Gasteiger partial charge in [-0.05, 0) is 37.5 Å². The first-order valence-electron chi connectivity index (χ1n) is 7.46. The molecule has 1 fully saturated rings. The monoisotopic (exact) mass is 294 g/mol. The molecule has 1 aliphatic rings. The number of nitrogens with one attached hydrogen (secondary N) is 1. The van der Waals surface area contributed by atoms with Gasteiger partial charge in [-0.2, -0.15) is 0 Å². The predicted octanol–water partition coefficient (Wildman–Crippen LogP) is 2.50. The zero-order valence-corrected chi connectivity index (χ0v) is 12.7. The molecule has 1 aromatic rings. The van der Waals surface area contributed by atoms with E-state index in [2.05, 4.69) is 5.32 Å². The smallest absolute Gasteiger partial charge is 0.223 e. The van der Waals surface area contributed by atoms with E-state index in [1.165, 1.54) is 13.2 Å². The average Bonchev–Trinajstić information content (AvgIpc) is 3.01. The van der Waals surface area contributed by atoms with E-state index in [4.69, 9.17) is 4.74 Å². The molecule has 0 spiro atoms. The number of likely N-dealkylation sites (tertiary alicyclic amines) is 1. The Morgan fingerprint density at radius 1 is 1.43 bits per heavy atom. The number of ether oxygens (including phenoxy) is 1. The van der Waals surface area contributed by atoms with E-state index in [0.29, 0.717) is 13.0 Å². The van der Waals surface area contributed by atoms with E-state index in [9.17, 15) is 9.18 Å². The summed E-state index contributed by atoms with van der Waals surface area (Å²) in [7, 11) is 1.45. The lowest BCUT2D eigenvalue weighted by molar-refractivity contribution is -0.130. The van der Waals surface area contributed by atoms with Crippen LogP contribution >= 0.6 is 0 Å². The molecule has 1 aliphatic heterocycles. The fraction of sp³-hybridized carbons (Fsp3) is 0.562. The van der Waals surface area contributed by atoms with Gasteiger partial charge in [0.15, 0.2) is 11.6 Å². The summed E-state index contributed by atoms with van der Waals surface area (Å²) < 4.78 is 18.4. The molecule has 0 aromatic heterocycles. The highest BCUT2D eigenvalue weighted by Crippen LogP contribution is 2.22. The Balaban J connectivity index is 1.81. The minimum absolute atomic E-state index is 0.0471. The van der Waals surface area contributed by atoms with E-state index in [1.54, 1.807) is 12.1 Å². The summed E-state index contributed by atoms with van der Waals surface area (Å²) in [6, 6.07) is 4.88. The summed E-state index contributed by atoms with van der Waals surface area (Å²) in [6.45, 7) is 4.40. The van der Waals surface area contributed by atoms with E-state index in [-0.39, 0.29) is 23.5 Å². The molecule has 0 aliphatic carbocycles. The molecular weight excluding hydrogens is 271 g/mol. The van der Waals surface area contributed by atoms with Crippen LogP contribution in [0.1, 0.15) is 37.8 Å². The molecular formula is C16H23FN2O2. The predicted molar refractivity (Wildman–Crippen MR) is 79.8 cm³/mol. The van der Waals surface area contributed by atoms with Crippen molar-refractivity contribution in [3.05, 3.63) is 29.6 Å². The lowest BCUT2D eigenvalue weighted by Gasteiger charge is -2.18. The largest absolute Gasteiger partial charge is 0.494 e. The summed E-state index contributed by atoms with van der Waals surface area (Å²) in [5.41, 5.74) is 0.946. The molecule has 4 nitrogen and oxygen atoms in total. The van der Waals surface area contributed by atoms with Crippen molar-refractivity contribution < 1.29 is 13.9 Å². The highest BCUT2D eigenvalue weighted by atomic mass is 19.1. The van der Waals surface area contributed by atoms with Crippen molar-refractivity contribution in [2.24, 2.45) is 0 Å². The van der Waals surface area contributed by atoms with Gasteiger partial charge >= 0.3 is 0 Å². The molecule has 2 rings (SSSR count). The summed E-state index contributed by atoms with van der Waals surface area (Å²) >= 11 is 0. The van der Waals surface area contributed by atoms with Gasteiger partial charge in [0.1, 0.15) is 0 Å². The lowest BCUT2D eigenvalue weighted by Crippen LogP contribution is -2.31. The molecule has 1 aromatic carbocycles. The van der Waals surface area contributed by atoms with Crippen LogP contribution in [0.3, 0.4) is 0 Å². The van der Waals surface area contributed by atoms with Crippen molar-refractivity contribution in [1.29, 1.82) is 0 Å². The first kappa shape index (κ1) is 15.8. The van der Waals surface area contributed by atoms with E-state index in [1.807, 2.05) is 11.8 Å². The van der Waals surface area contributed by atoms with Crippen molar-refractivity contribution in [3.8, 4) is 5.75 Å². The third kappa shape index (κ3) is 4.17. The SMILES string of the molecule is COc1cc(C(C)NCCC(=O)N2CCCC2)ccc1F. The molecule has 0 bridgehead atoms. The van der Waals surface area contributed by atoms with Crippen LogP contribution in [0.15, 0.2) is 18.2 Å². The number of hydrogen-bond acceptors (Lipinski definition) is 3. The standard InChI is InChI=1S/C16H23FN2O2/c1-12(13-5-6-14(17)15(11-13)21-2)18-8-7-16(20)19-9-3-4-10-19/h5-6,11-12,18H,3-4,7-10H2,1-2H3. The number of amides is 1. The second-order valence-electron chi connectivity index (χ2n) is 5.41. The van der Waals surface area contributed by atoms with Crippen LogP contribution in [0.25, 0.3) is 0 Å². The molecule has 21 heavy (non-hydrogen) atoms. The average molecular weight is 294 g/mol. The normalized spacial score (nSPS) is 16.0. The summed E-state index contributed by atoms with van der Waals surface area (Å²) in [6.07, 6.45) is 2.73. The van der Waals surface area contributed by atoms with Crippen molar-refractivity contribution >= 4 is 5.91 Å². The first-order chi connectivity index (χ1) is 10.1. The minimum atomic E-state index is -0.363. The molecule has 1 unspecified atom stereocenters. The zero-order valence-electron chi connectivity index (χ0n) is 12.7. The van der Waals surface area contributed by atoms with E-state index in [0.717, 1.165) is 31.5 Å². The number of hydrogen-bond donors (Lipinski definition) is 1. The van der Waals surface area contributed by atoms with Gasteiger partial charge in [0.2, 0.25) is 5.91 Å². The number of benzene rings is 1. The highest BCUT2D eigenvalue weighted by molar-refractivity contribution is 5.76. The second kappa shape index (κ2) is 7.41. The quantitative estimate of drug-likeness (QED) is 0.876. The molecule has 0 radical (unpaired) electrons. The summed E-state index contributed by atoms with van der Waals surface area (Å²) in [5.74, 6) is 0.0934. The molecule has 116 valence electrons. The van der Waals surface area contributed by atoms with Crippen LogP contribution in [-0.2, 0) is 4.79 Å². The Bertz CT molecular complexity index is 487. The van der Waals surface area contributed by atoms with Gasteiger partial charge in [0, 0.05) is 32.1 Å². The number of rotatable bonds is 6. The summed E-state index contributed by atoms with van der Waals surface area (Å²) in [4.78, 5) is 13.8. The maximum Gasteiger partial charge on any atom is 0.223 e. The van der Waals surface area contributed by atoms with Crippen molar-refractivity contribution in [2.75, 3.05) is 26.7 Å². The maximum atomic E-state index is 13.4. The van der Waals surface area contributed by atoms with Gasteiger partial charge < -0.3 is 15.0 Å². The summed E-state index contributed by atoms with van der Waals surface area (Å²) in [5, 5.41) is 3.30. The molecule has 1 N–H and O–H groups in total. The van der Waals surface area contributed by atoms with Crippen LogP contribution < -0.4 is 10.1 Å². The Labute approximate surface area is 125 Å². The van der Waals surface area contributed by atoms with Crippen LogP contribution in [0.4, 0.5) is 4.39 Å². The van der Waals surface area contributed by atoms with Gasteiger partial charge in [-0.1, -0.05) is 6.07 Å². The number of carbonyl (C=O) groups excluding carboxylic acids is 1. The molecule has 1 heterocycles.